The predicted molar refractivity (Wildman–Crippen MR) is 63.4 cm³/mol. The molecule has 0 aliphatic heterocycles. The summed E-state index contributed by atoms with van der Waals surface area (Å²) in [4.78, 5) is 33.0. The third kappa shape index (κ3) is 5.04. The summed E-state index contributed by atoms with van der Waals surface area (Å²) in [6.07, 6.45) is -1.28. The van der Waals surface area contributed by atoms with E-state index in [1.54, 1.807) is 0 Å². The molecular weight excluding hydrogens is 276 g/mol. The highest BCUT2D eigenvalue weighted by Gasteiger charge is 2.14. The van der Waals surface area contributed by atoms with Gasteiger partial charge in [0.2, 0.25) is 5.91 Å². The quantitative estimate of drug-likeness (QED) is 0.640. The number of carbonyl (C=O) groups is 3. The number of amides is 2. The third-order valence-electron chi connectivity index (χ3n) is 2.24. The van der Waals surface area contributed by atoms with Crippen LogP contribution >= 0.6 is 0 Å². The summed E-state index contributed by atoms with van der Waals surface area (Å²) in [6.45, 7) is -1.62. The van der Waals surface area contributed by atoms with Gasteiger partial charge in [-0.25, -0.2) is 8.78 Å². The number of rotatable bonds is 7. The van der Waals surface area contributed by atoms with Gasteiger partial charge in [0.05, 0.1) is 13.1 Å². The van der Waals surface area contributed by atoms with Crippen LogP contribution in [0.2, 0.25) is 0 Å². The molecule has 0 atom stereocenters. The minimum absolute atomic E-state index is 0.00339. The van der Waals surface area contributed by atoms with Crippen molar-refractivity contribution in [2.75, 3.05) is 13.1 Å². The van der Waals surface area contributed by atoms with Crippen molar-refractivity contribution in [2.45, 2.75) is 13.0 Å². The minimum Gasteiger partial charge on any atom is -0.480 e. The number of hydrogen-bond acceptors (Lipinski definition) is 3. The number of carboxylic acids is 1. The highest BCUT2D eigenvalue weighted by molar-refractivity contribution is 5.95. The Bertz CT molecular complexity index is 502. The number of carbonyl (C=O) groups excluding carboxylic acids is 2. The Labute approximate surface area is 112 Å². The summed E-state index contributed by atoms with van der Waals surface area (Å²) in [7, 11) is 0. The Morgan fingerprint density at radius 1 is 1.25 bits per heavy atom. The van der Waals surface area contributed by atoms with Crippen molar-refractivity contribution in [1.29, 1.82) is 0 Å². The molecule has 1 aromatic heterocycles. The average Bonchev–Trinajstić information content (AvgIpc) is 2.80. The fourth-order valence-corrected chi connectivity index (χ4v) is 1.42. The van der Waals surface area contributed by atoms with E-state index in [0.29, 0.717) is 0 Å². The SMILES string of the molecule is O=C(O)CNC(=O)CNC(=O)c1cccn1CC(F)F. The number of nitrogens with zero attached hydrogens (tertiary/aromatic N) is 1. The van der Waals surface area contributed by atoms with Gasteiger partial charge in [0.15, 0.2) is 0 Å². The molecule has 0 fully saturated rings. The van der Waals surface area contributed by atoms with Gasteiger partial charge in [-0.05, 0) is 12.1 Å². The molecule has 0 aliphatic carbocycles. The van der Waals surface area contributed by atoms with E-state index in [0.717, 1.165) is 4.57 Å². The molecule has 0 unspecified atom stereocenters. The topological polar surface area (TPSA) is 100 Å². The molecule has 0 spiro atoms. The smallest absolute Gasteiger partial charge is 0.322 e. The van der Waals surface area contributed by atoms with E-state index in [9.17, 15) is 23.2 Å². The van der Waals surface area contributed by atoms with E-state index < -0.39 is 43.8 Å². The molecule has 110 valence electrons. The first-order valence-corrected chi connectivity index (χ1v) is 5.60. The zero-order chi connectivity index (χ0) is 15.1. The summed E-state index contributed by atoms with van der Waals surface area (Å²) in [5.41, 5.74) is -0.00339. The number of nitrogens with one attached hydrogen (secondary N) is 2. The number of hydrogen-bond donors (Lipinski definition) is 3. The van der Waals surface area contributed by atoms with Crippen LogP contribution in [0.1, 0.15) is 10.5 Å². The lowest BCUT2D eigenvalue weighted by Gasteiger charge is -2.09. The second-order valence-corrected chi connectivity index (χ2v) is 3.79. The van der Waals surface area contributed by atoms with Crippen molar-refractivity contribution >= 4 is 17.8 Å². The van der Waals surface area contributed by atoms with Gasteiger partial charge >= 0.3 is 5.97 Å². The van der Waals surface area contributed by atoms with Crippen molar-refractivity contribution in [2.24, 2.45) is 0 Å². The second kappa shape index (κ2) is 7.22. The Hall–Kier alpha value is -2.45. The van der Waals surface area contributed by atoms with Crippen molar-refractivity contribution in [3.63, 3.8) is 0 Å². The number of halogens is 2. The molecule has 0 saturated heterocycles. The lowest BCUT2D eigenvalue weighted by Crippen LogP contribution is -2.39. The number of aliphatic carboxylic acids is 1. The Morgan fingerprint density at radius 3 is 2.55 bits per heavy atom. The fourth-order valence-electron chi connectivity index (χ4n) is 1.42. The number of aromatic nitrogens is 1. The molecule has 1 aromatic rings. The van der Waals surface area contributed by atoms with Crippen LogP contribution in [0.25, 0.3) is 0 Å². The van der Waals surface area contributed by atoms with Gasteiger partial charge in [0.25, 0.3) is 12.3 Å². The van der Waals surface area contributed by atoms with Gasteiger partial charge in [-0.15, -0.1) is 0 Å². The maximum Gasteiger partial charge on any atom is 0.322 e. The van der Waals surface area contributed by atoms with E-state index in [4.69, 9.17) is 5.11 Å². The average molecular weight is 289 g/mol. The van der Waals surface area contributed by atoms with Crippen LogP contribution in [0.3, 0.4) is 0 Å². The number of carboxylic acid groups (broad SMARTS) is 1. The molecule has 9 heteroatoms. The van der Waals surface area contributed by atoms with Crippen LogP contribution in [-0.2, 0) is 16.1 Å². The molecular formula is C11H13F2N3O4. The molecule has 7 nitrogen and oxygen atoms in total. The van der Waals surface area contributed by atoms with Gasteiger partial charge in [-0.3, -0.25) is 14.4 Å². The molecule has 3 N–H and O–H groups in total. The standard InChI is InChI=1S/C11H13F2N3O4/c12-8(13)6-16-3-1-2-7(16)11(20)15-4-9(17)14-5-10(18)19/h1-3,8H,4-6H2,(H,14,17)(H,15,20)(H,18,19). The maximum atomic E-state index is 12.3. The van der Waals surface area contributed by atoms with Gasteiger partial charge in [0, 0.05) is 6.20 Å². The van der Waals surface area contributed by atoms with E-state index in [1.165, 1.54) is 18.3 Å². The molecule has 0 radical (unpaired) electrons. The Kier molecular flexibility index (Phi) is 5.63. The monoisotopic (exact) mass is 289 g/mol. The molecule has 0 aromatic carbocycles. The highest BCUT2D eigenvalue weighted by atomic mass is 19.3. The van der Waals surface area contributed by atoms with Crippen LogP contribution in [0.15, 0.2) is 18.3 Å². The molecule has 0 aliphatic rings. The first kappa shape index (κ1) is 15.6. The van der Waals surface area contributed by atoms with E-state index in [1.807, 2.05) is 5.32 Å². The third-order valence-corrected chi connectivity index (χ3v) is 2.24. The number of alkyl halides is 2. The highest BCUT2D eigenvalue weighted by Crippen LogP contribution is 2.06. The molecule has 0 saturated carbocycles. The van der Waals surface area contributed by atoms with E-state index in [2.05, 4.69) is 5.32 Å². The van der Waals surface area contributed by atoms with Gasteiger partial charge in [-0.1, -0.05) is 0 Å². The van der Waals surface area contributed by atoms with Crippen LogP contribution < -0.4 is 10.6 Å². The summed E-state index contributed by atoms with van der Waals surface area (Å²) in [5, 5.41) is 12.6. The van der Waals surface area contributed by atoms with Crippen molar-refractivity contribution in [3.05, 3.63) is 24.0 Å². The van der Waals surface area contributed by atoms with Crippen LogP contribution in [0.5, 0.6) is 0 Å². The summed E-state index contributed by atoms with van der Waals surface area (Å²) < 4.78 is 25.6. The summed E-state index contributed by atoms with van der Waals surface area (Å²) >= 11 is 0. The van der Waals surface area contributed by atoms with Crippen LogP contribution in [0, 0.1) is 0 Å². The Balaban J connectivity index is 2.49. The minimum atomic E-state index is -2.60. The second-order valence-electron chi connectivity index (χ2n) is 3.79. The normalized spacial score (nSPS) is 10.3. The molecule has 2 amide bonds. The first-order valence-electron chi connectivity index (χ1n) is 5.60. The van der Waals surface area contributed by atoms with Crippen molar-refractivity contribution in [1.82, 2.24) is 15.2 Å². The fraction of sp³-hybridized carbons (Fsp3) is 0.364. The van der Waals surface area contributed by atoms with Crippen molar-refractivity contribution in [3.8, 4) is 0 Å². The van der Waals surface area contributed by atoms with Crippen LogP contribution in [0.4, 0.5) is 8.78 Å². The lowest BCUT2D eigenvalue weighted by molar-refractivity contribution is -0.137. The van der Waals surface area contributed by atoms with E-state index in [-0.39, 0.29) is 5.69 Å². The lowest BCUT2D eigenvalue weighted by atomic mass is 10.4. The Morgan fingerprint density at radius 2 is 1.95 bits per heavy atom. The largest absolute Gasteiger partial charge is 0.480 e. The molecule has 1 rings (SSSR count). The first-order chi connectivity index (χ1) is 9.40. The summed E-state index contributed by atoms with van der Waals surface area (Å²) in [5.74, 6) is -2.59. The van der Waals surface area contributed by atoms with Gasteiger partial charge in [0.1, 0.15) is 12.2 Å². The molecule has 20 heavy (non-hydrogen) atoms. The van der Waals surface area contributed by atoms with E-state index >= 15 is 0 Å². The summed E-state index contributed by atoms with van der Waals surface area (Å²) in [6, 6.07) is 2.77. The molecule has 1 heterocycles. The molecule has 0 bridgehead atoms. The zero-order valence-corrected chi connectivity index (χ0v) is 10.3. The maximum absolute atomic E-state index is 12.3. The predicted octanol–water partition coefficient (Wildman–Crippen LogP) is -0.316. The van der Waals surface area contributed by atoms with Gasteiger partial charge < -0.3 is 20.3 Å². The van der Waals surface area contributed by atoms with Crippen molar-refractivity contribution < 1.29 is 28.3 Å². The van der Waals surface area contributed by atoms with Gasteiger partial charge in [-0.2, -0.15) is 0 Å². The van der Waals surface area contributed by atoms with Crippen LogP contribution in [-0.4, -0.2) is 47.0 Å². The zero-order valence-electron chi connectivity index (χ0n) is 10.3.